The molecule has 4 aromatic rings. The van der Waals surface area contributed by atoms with Crippen LogP contribution in [-0.4, -0.2) is 82.2 Å². The number of carbonyl (C=O) groups is 4. The Morgan fingerprint density at radius 2 is 0.861 bits per heavy atom. The van der Waals surface area contributed by atoms with Crippen molar-refractivity contribution in [2.45, 2.75) is 140 Å². The third-order valence-electron chi connectivity index (χ3n) is 18.7. The summed E-state index contributed by atoms with van der Waals surface area (Å²) in [7, 11) is 0. The van der Waals surface area contributed by atoms with Crippen LogP contribution in [0.25, 0.3) is 0 Å². The monoisotopic (exact) mass is 975 g/mol. The highest BCUT2D eigenvalue weighted by Crippen LogP contribution is 2.51. The van der Waals surface area contributed by atoms with Gasteiger partial charge in [0.15, 0.2) is 0 Å². The minimum atomic E-state index is -0.384. The Bertz CT molecular complexity index is 2350. The standard InChI is InChI=1S/2C31H37NO4/c2*33-28(24-4-2-1-3-5-24)26-11-8-22(19-26)18-21-6-9-25(10-7-21)29(34)32-16-14-31(15-17-32)20-27(23-12-13-23)36-30(31)35/h2*1-7,9-10,22-23,26-28,33H,8,11-20H2/t22-,26-,27+,28+;22-,26-,27-,28+/m00/s1. The van der Waals surface area contributed by atoms with Gasteiger partial charge in [-0.05, 0) is 185 Å². The van der Waals surface area contributed by atoms with Gasteiger partial charge in [0.25, 0.3) is 11.8 Å². The Morgan fingerprint density at radius 1 is 0.500 bits per heavy atom. The fourth-order valence-electron chi connectivity index (χ4n) is 13.7. The molecule has 72 heavy (non-hydrogen) atoms. The second kappa shape index (κ2) is 20.9. The number of esters is 2. The highest BCUT2D eigenvalue weighted by molar-refractivity contribution is 5.95. The number of cyclic esters (lactones) is 2. The van der Waals surface area contributed by atoms with Gasteiger partial charge in [0.1, 0.15) is 12.2 Å². The van der Waals surface area contributed by atoms with E-state index in [9.17, 15) is 29.4 Å². The van der Waals surface area contributed by atoms with Crippen molar-refractivity contribution in [2.75, 3.05) is 26.2 Å². The number of rotatable bonds is 12. The SMILES string of the molecule is O=C(c1ccc(C[C@@H]2CC[C@H]([C@H](O)c3ccccc3)C2)cc1)N1CCC2(CC1)C[C@@H](C1CC1)OC2=O.O=C(c1ccc(C[C@@H]2CC[C@H]([C@H](O)c3ccccc3)C2)cc1)N1CCC2(CC1)C[C@H](C1CC1)OC2=O. The number of piperidine rings is 2. The van der Waals surface area contributed by atoms with E-state index in [1.54, 1.807) is 0 Å². The molecule has 10 nitrogen and oxygen atoms in total. The van der Waals surface area contributed by atoms with Crippen molar-refractivity contribution in [3.63, 3.8) is 0 Å². The van der Waals surface area contributed by atoms with E-state index in [-0.39, 0.29) is 59.0 Å². The molecule has 12 rings (SSSR count). The highest BCUT2D eigenvalue weighted by atomic mass is 16.6. The molecule has 8 aliphatic rings. The zero-order valence-electron chi connectivity index (χ0n) is 42.0. The van der Waals surface area contributed by atoms with Crippen LogP contribution >= 0.6 is 0 Å². The van der Waals surface area contributed by atoms with E-state index >= 15 is 0 Å². The van der Waals surface area contributed by atoms with Crippen molar-refractivity contribution < 1.29 is 38.9 Å². The van der Waals surface area contributed by atoms with Crippen molar-refractivity contribution in [1.29, 1.82) is 0 Å². The first-order chi connectivity index (χ1) is 35.0. The van der Waals surface area contributed by atoms with Crippen LogP contribution < -0.4 is 0 Å². The van der Waals surface area contributed by atoms with Gasteiger partial charge in [-0.25, -0.2) is 0 Å². The van der Waals surface area contributed by atoms with E-state index in [0.717, 1.165) is 112 Å². The number of likely N-dealkylation sites (tertiary alicyclic amines) is 2. The topological polar surface area (TPSA) is 134 Å². The van der Waals surface area contributed by atoms with E-state index in [2.05, 4.69) is 24.3 Å². The van der Waals surface area contributed by atoms with E-state index in [1.165, 1.54) is 36.8 Å². The molecule has 0 bridgehead atoms. The van der Waals surface area contributed by atoms with Crippen molar-refractivity contribution >= 4 is 23.8 Å². The lowest BCUT2D eigenvalue weighted by atomic mass is 9.75. The van der Waals surface area contributed by atoms with Crippen LogP contribution in [0.3, 0.4) is 0 Å². The molecular formula is C62H74N2O8. The van der Waals surface area contributed by atoms with Gasteiger partial charge in [0.2, 0.25) is 0 Å². The summed E-state index contributed by atoms with van der Waals surface area (Å²) < 4.78 is 11.4. The van der Waals surface area contributed by atoms with Crippen LogP contribution in [0.1, 0.15) is 158 Å². The van der Waals surface area contributed by atoms with Gasteiger partial charge in [-0.1, -0.05) is 84.9 Å². The second-order valence-corrected chi connectivity index (χ2v) is 23.5. The molecule has 4 saturated heterocycles. The first kappa shape index (κ1) is 48.9. The molecule has 8 fully saturated rings. The predicted octanol–water partition coefficient (Wildman–Crippen LogP) is 10.7. The summed E-state index contributed by atoms with van der Waals surface area (Å²) in [6.45, 7) is 2.50. The van der Waals surface area contributed by atoms with Gasteiger partial charge in [-0.2, -0.15) is 0 Å². The molecule has 4 aliphatic carbocycles. The zero-order valence-corrected chi connectivity index (χ0v) is 42.0. The number of carbonyl (C=O) groups excluding carboxylic acids is 4. The number of hydrogen-bond donors (Lipinski definition) is 2. The lowest BCUT2D eigenvalue weighted by Crippen LogP contribution is -2.45. The van der Waals surface area contributed by atoms with E-state index in [4.69, 9.17) is 9.47 Å². The van der Waals surface area contributed by atoms with Crippen LogP contribution in [-0.2, 0) is 31.9 Å². The molecule has 380 valence electrons. The van der Waals surface area contributed by atoms with Crippen LogP contribution in [0.15, 0.2) is 109 Å². The van der Waals surface area contributed by atoms with Gasteiger partial charge in [-0.15, -0.1) is 0 Å². The van der Waals surface area contributed by atoms with Crippen molar-refractivity contribution in [3.8, 4) is 0 Å². The molecule has 4 aliphatic heterocycles. The summed E-state index contributed by atoms with van der Waals surface area (Å²) in [5, 5.41) is 21.6. The van der Waals surface area contributed by atoms with Gasteiger partial charge in [0, 0.05) is 50.1 Å². The van der Waals surface area contributed by atoms with Crippen LogP contribution in [0, 0.1) is 46.3 Å². The Balaban J connectivity index is 0.000000156. The molecule has 10 heteroatoms. The van der Waals surface area contributed by atoms with Crippen molar-refractivity contribution in [2.24, 2.45) is 46.3 Å². The second-order valence-electron chi connectivity index (χ2n) is 23.5. The predicted molar refractivity (Wildman–Crippen MR) is 274 cm³/mol. The first-order valence-electron chi connectivity index (χ1n) is 27.7. The number of amides is 2. The Labute approximate surface area is 425 Å². The van der Waals surface area contributed by atoms with E-state index in [0.29, 0.717) is 61.7 Å². The maximum atomic E-state index is 13.2. The zero-order chi connectivity index (χ0) is 49.4. The Hall–Kier alpha value is -5.32. The molecule has 4 heterocycles. The Morgan fingerprint density at radius 3 is 1.21 bits per heavy atom. The number of ether oxygens (including phenoxy) is 2. The van der Waals surface area contributed by atoms with Gasteiger partial charge >= 0.3 is 11.9 Å². The maximum Gasteiger partial charge on any atom is 0.312 e. The molecular weight excluding hydrogens is 901 g/mol. The highest BCUT2D eigenvalue weighted by Gasteiger charge is 2.55. The van der Waals surface area contributed by atoms with Crippen LogP contribution in [0.2, 0.25) is 0 Å². The summed E-state index contributed by atoms with van der Waals surface area (Å²) in [5.74, 6) is 3.00. The maximum absolute atomic E-state index is 13.2. The number of aliphatic hydroxyl groups excluding tert-OH is 2. The number of hydrogen-bond acceptors (Lipinski definition) is 8. The lowest BCUT2D eigenvalue weighted by molar-refractivity contribution is -0.151. The van der Waals surface area contributed by atoms with E-state index in [1.807, 2.05) is 94.7 Å². The van der Waals surface area contributed by atoms with Crippen molar-refractivity contribution in [1.82, 2.24) is 9.80 Å². The largest absolute Gasteiger partial charge is 0.462 e. The minimum Gasteiger partial charge on any atom is -0.462 e. The third-order valence-corrected chi connectivity index (χ3v) is 18.7. The van der Waals surface area contributed by atoms with Crippen LogP contribution in [0.4, 0.5) is 0 Å². The molecule has 0 radical (unpaired) electrons. The smallest absolute Gasteiger partial charge is 0.312 e. The number of nitrogens with zero attached hydrogens (tertiary/aromatic N) is 2. The minimum absolute atomic E-state index is 0.0266. The molecule has 0 unspecified atom stereocenters. The molecule has 4 saturated carbocycles. The summed E-state index contributed by atoms with van der Waals surface area (Å²) in [6.07, 6.45) is 17.2. The Kier molecular flexibility index (Phi) is 14.2. The van der Waals surface area contributed by atoms with Gasteiger partial charge in [0.05, 0.1) is 23.0 Å². The van der Waals surface area contributed by atoms with Crippen LogP contribution in [0.5, 0.6) is 0 Å². The van der Waals surface area contributed by atoms with Gasteiger partial charge < -0.3 is 29.5 Å². The molecule has 2 spiro atoms. The molecule has 2 amide bonds. The lowest BCUT2D eigenvalue weighted by Gasteiger charge is -2.36. The molecule has 2 N–H and O–H groups in total. The fourth-order valence-corrected chi connectivity index (χ4v) is 13.7. The van der Waals surface area contributed by atoms with Crippen molar-refractivity contribution in [3.05, 3.63) is 143 Å². The summed E-state index contributed by atoms with van der Waals surface area (Å²) in [5.41, 5.74) is 5.27. The number of aliphatic hydroxyl groups is 2. The molecule has 0 aromatic heterocycles. The third kappa shape index (κ3) is 10.7. The van der Waals surface area contributed by atoms with Gasteiger partial charge in [-0.3, -0.25) is 19.2 Å². The summed E-state index contributed by atoms with van der Waals surface area (Å²) >= 11 is 0. The normalized spacial score (nSPS) is 28.3. The first-order valence-corrected chi connectivity index (χ1v) is 27.7. The molecule has 4 aromatic carbocycles. The molecule has 8 atom stereocenters. The summed E-state index contributed by atoms with van der Waals surface area (Å²) in [4.78, 5) is 55.3. The quantitative estimate of drug-likeness (QED) is 0.134. The van der Waals surface area contributed by atoms with E-state index < -0.39 is 0 Å². The fraction of sp³-hybridized carbons (Fsp3) is 0.548. The summed E-state index contributed by atoms with van der Waals surface area (Å²) in [6, 6.07) is 36.2. The average molecular weight is 975 g/mol. The number of benzene rings is 4. The average Bonchev–Trinajstić information content (AvgIpc) is 4.31.